The van der Waals surface area contributed by atoms with Gasteiger partial charge in [0.05, 0.1) is 28.8 Å². The summed E-state index contributed by atoms with van der Waals surface area (Å²) < 4.78 is 0. The van der Waals surface area contributed by atoms with E-state index >= 15 is 0 Å². The number of amides is 1. The molecule has 1 aliphatic rings. The number of rotatable bonds is 3. The summed E-state index contributed by atoms with van der Waals surface area (Å²) in [6, 6.07) is 15.8. The molecule has 0 fully saturated rings. The average molecular weight is 404 g/mol. The Balaban J connectivity index is 1.49. The normalized spacial score (nSPS) is 14.3. The quantitative estimate of drug-likeness (QED) is 0.475. The van der Waals surface area contributed by atoms with Crippen molar-refractivity contribution in [3.8, 4) is 22.5 Å². The highest BCUT2D eigenvalue weighted by atomic mass is 16.1. The van der Waals surface area contributed by atoms with Crippen molar-refractivity contribution >= 4 is 16.9 Å². The third kappa shape index (κ3) is 2.78. The molecule has 0 radical (unpaired) electrons. The molecule has 6 rings (SSSR count). The second-order valence-corrected chi connectivity index (χ2v) is 7.37. The summed E-state index contributed by atoms with van der Waals surface area (Å²) in [5.74, 6) is 0.562. The fraction of sp³-hybridized carbons (Fsp3) is 0.0417. The van der Waals surface area contributed by atoms with Crippen LogP contribution in [0, 0.1) is 0 Å². The molecule has 1 atom stereocenters. The smallest absolute Gasteiger partial charge is 0.255 e. The Morgan fingerprint density at radius 1 is 0.871 bits per heavy atom. The molecular weight excluding hydrogens is 388 g/mol. The van der Waals surface area contributed by atoms with E-state index in [1.807, 2.05) is 30.3 Å². The zero-order chi connectivity index (χ0) is 20.8. The number of fused-ring (bicyclic) bond motifs is 4. The summed E-state index contributed by atoms with van der Waals surface area (Å²) in [5, 5.41) is 3.15. The Morgan fingerprint density at radius 3 is 2.55 bits per heavy atom. The predicted octanol–water partition coefficient (Wildman–Crippen LogP) is 3.91. The number of aromatic amines is 1. The van der Waals surface area contributed by atoms with Gasteiger partial charge in [-0.15, -0.1) is 0 Å². The molecule has 7 heteroatoms. The molecule has 2 N–H and O–H groups in total. The maximum absolute atomic E-state index is 12.9. The first-order valence-corrected chi connectivity index (χ1v) is 9.88. The summed E-state index contributed by atoms with van der Waals surface area (Å²) in [4.78, 5) is 33.1. The molecule has 0 saturated carbocycles. The van der Waals surface area contributed by atoms with Crippen LogP contribution in [-0.4, -0.2) is 30.8 Å². The maximum atomic E-state index is 12.9. The fourth-order valence-corrected chi connectivity index (χ4v) is 4.22. The first kappa shape index (κ1) is 17.5. The molecule has 0 spiro atoms. The molecule has 3 heterocycles. The second-order valence-electron chi connectivity index (χ2n) is 7.37. The number of imidazole rings is 1. The minimum atomic E-state index is -0.273. The van der Waals surface area contributed by atoms with E-state index in [2.05, 4.69) is 43.5 Å². The highest BCUT2D eigenvalue weighted by Gasteiger charge is 2.32. The highest BCUT2D eigenvalue weighted by molar-refractivity contribution is 5.97. The van der Waals surface area contributed by atoms with Crippen LogP contribution in [0.4, 0.5) is 0 Å². The Labute approximate surface area is 177 Å². The molecule has 1 aliphatic carbocycles. The zero-order valence-corrected chi connectivity index (χ0v) is 16.3. The van der Waals surface area contributed by atoms with Crippen molar-refractivity contribution in [2.45, 2.75) is 6.04 Å². The lowest BCUT2D eigenvalue weighted by atomic mass is 9.99. The van der Waals surface area contributed by atoms with Gasteiger partial charge in [0.2, 0.25) is 0 Å². The summed E-state index contributed by atoms with van der Waals surface area (Å²) in [7, 11) is 0. The van der Waals surface area contributed by atoms with Gasteiger partial charge in [-0.05, 0) is 28.3 Å². The molecule has 5 aromatic rings. The number of aromatic nitrogens is 5. The molecular formula is C24H16N6O. The Kier molecular flexibility index (Phi) is 3.86. The van der Waals surface area contributed by atoms with E-state index in [4.69, 9.17) is 4.98 Å². The largest absolute Gasteiger partial charge is 0.341 e. The number of nitrogens with one attached hydrogen (secondary N) is 2. The van der Waals surface area contributed by atoms with Crippen molar-refractivity contribution in [3.05, 3.63) is 96.3 Å². The monoisotopic (exact) mass is 404 g/mol. The number of hydrogen-bond donors (Lipinski definition) is 2. The van der Waals surface area contributed by atoms with Gasteiger partial charge in [-0.3, -0.25) is 9.78 Å². The summed E-state index contributed by atoms with van der Waals surface area (Å²) in [6.07, 6.45) is 7.95. The molecule has 3 aromatic heterocycles. The number of hydrogen-bond acceptors (Lipinski definition) is 5. The maximum Gasteiger partial charge on any atom is 0.255 e. The zero-order valence-electron chi connectivity index (χ0n) is 16.3. The highest BCUT2D eigenvalue weighted by Crippen LogP contribution is 2.47. The van der Waals surface area contributed by atoms with Crippen molar-refractivity contribution in [2.75, 3.05) is 0 Å². The van der Waals surface area contributed by atoms with Gasteiger partial charge in [-0.1, -0.05) is 42.5 Å². The van der Waals surface area contributed by atoms with Crippen LogP contribution in [0.1, 0.15) is 27.5 Å². The van der Waals surface area contributed by atoms with Crippen molar-refractivity contribution in [1.82, 2.24) is 30.2 Å². The van der Waals surface area contributed by atoms with Crippen LogP contribution in [0.15, 0.2) is 79.6 Å². The van der Waals surface area contributed by atoms with Crippen LogP contribution in [0.3, 0.4) is 0 Å². The SMILES string of the molecule is O=C(NC1c2ccccc2-c2c(-c3nc4ccncc4[nH]3)cccc21)c1cncnc1. The molecule has 1 amide bonds. The van der Waals surface area contributed by atoms with E-state index in [9.17, 15) is 4.79 Å². The van der Waals surface area contributed by atoms with Gasteiger partial charge in [-0.2, -0.15) is 0 Å². The molecule has 2 aromatic carbocycles. The number of H-pyrrole nitrogens is 1. The van der Waals surface area contributed by atoms with Gasteiger partial charge >= 0.3 is 0 Å². The van der Waals surface area contributed by atoms with Crippen molar-refractivity contribution in [2.24, 2.45) is 0 Å². The lowest BCUT2D eigenvalue weighted by Crippen LogP contribution is -2.28. The van der Waals surface area contributed by atoms with Gasteiger partial charge in [0.15, 0.2) is 0 Å². The molecule has 31 heavy (non-hydrogen) atoms. The molecule has 7 nitrogen and oxygen atoms in total. The van der Waals surface area contributed by atoms with Gasteiger partial charge in [-0.25, -0.2) is 15.0 Å². The number of pyridine rings is 1. The van der Waals surface area contributed by atoms with Crippen molar-refractivity contribution in [3.63, 3.8) is 0 Å². The third-order valence-corrected chi connectivity index (χ3v) is 5.59. The number of carbonyl (C=O) groups excluding carboxylic acids is 1. The molecule has 148 valence electrons. The van der Waals surface area contributed by atoms with E-state index in [-0.39, 0.29) is 11.9 Å². The van der Waals surface area contributed by atoms with E-state index in [0.29, 0.717) is 5.56 Å². The predicted molar refractivity (Wildman–Crippen MR) is 116 cm³/mol. The third-order valence-electron chi connectivity index (χ3n) is 5.59. The minimum Gasteiger partial charge on any atom is -0.341 e. The number of benzene rings is 2. The van der Waals surface area contributed by atoms with Crippen LogP contribution < -0.4 is 5.32 Å². The van der Waals surface area contributed by atoms with Crippen LogP contribution in [-0.2, 0) is 0 Å². The standard InChI is InChI=1S/C24H16N6O/c31-24(14-10-26-13-27-11-14)30-22-16-5-2-1-4-15(16)21-17(22)6-3-7-18(21)23-28-19-8-9-25-12-20(19)29-23/h1-13,22H,(H,28,29)(H,30,31). The molecule has 0 bridgehead atoms. The van der Waals surface area contributed by atoms with Crippen LogP contribution in [0.5, 0.6) is 0 Å². The summed E-state index contributed by atoms with van der Waals surface area (Å²) in [5.41, 5.74) is 7.39. The van der Waals surface area contributed by atoms with E-state index < -0.39 is 0 Å². The average Bonchev–Trinajstić information content (AvgIpc) is 3.39. The Morgan fingerprint density at radius 2 is 1.68 bits per heavy atom. The van der Waals surface area contributed by atoms with Crippen LogP contribution in [0.2, 0.25) is 0 Å². The van der Waals surface area contributed by atoms with Gasteiger partial charge in [0.1, 0.15) is 12.2 Å². The fourth-order valence-electron chi connectivity index (χ4n) is 4.22. The Bertz CT molecular complexity index is 1410. The van der Waals surface area contributed by atoms with Gasteiger partial charge in [0.25, 0.3) is 5.91 Å². The topological polar surface area (TPSA) is 96.5 Å². The van der Waals surface area contributed by atoms with E-state index in [1.54, 1.807) is 12.4 Å². The van der Waals surface area contributed by atoms with E-state index in [0.717, 1.165) is 44.7 Å². The van der Waals surface area contributed by atoms with Gasteiger partial charge < -0.3 is 10.3 Å². The van der Waals surface area contributed by atoms with E-state index in [1.165, 1.54) is 18.7 Å². The van der Waals surface area contributed by atoms with Crippen LogP contribution in [0.25, 0.3) is 33.5 Å². The van der Waals surface area contributed by atoms with Crippen LogP contribution >= 0.6 is 0 Å². The number of nitrogens with zero attached hydrogens (tertiary/aromatic N) is 4. The minimum absolute atomic E-state index is 0.214. The second kappa shape index (κ2) is 6.84. The lowest BCUT2D eigenvalue weighted by molar-refractivity contribution is 0.0943. The first-order chi connectivity index (χ1) is 15.3. The molecule has 0 aliphatic heterocycles. The summed E-state index contributed by atoms with van der Waals surface area (Å²) >= 11 is 0. The summed E-state index contributed by atoms with van der Waals surface area (Å²) in [6.45, 7) is 0. The molecule has 0 saturated heterocycles. The first-order valence-electron chi connectivity index (χ1n) is 9.88. The molecule has 1 unspecified atom stereocenters. The lowest BCUT2D eigenvalue weighted by Gasteiger charge is -2.16. The van der Waals surface area contributed by atoms with Gasteiger partial charge in [0, 0.05) is 24.2 Å². The Hall–Kier alpha value is -4.39. The number of carbonyl (C=O) groups is 1. The van der Waals surface area contributed by atoms with Crippen molar-refractivity contribution < 1.29 is 4.79 Å². The van der Waals surface area contributed by atoms with Crippen molar-refractivity contribution in [1.29, 1.82) is 0 Å².